The van der Waals surface area contributed by atoms with E-state index in [2.05, 4.69) is 5.73 Å². The molecule has 5 nitrogen and oxygen atoms in total. The average Bonchev–Trinajstić information content (AvgIpc) is 2.46. The minimum atomic E-state index is -1.35. The van der Waals surface area contributed by atoms with E-state index < -0.39 is 23.9 Å². The predicted octanol–water partition coefficient (Wildman–Crippen LogP) is -1.50. The molecule has 5 heteroatoms. The van der Waals surface area contributed by atoms with E-state index in [9.17, 15) is 19.8 Å². The summed E-state index contributed by atoms with van der Waals surface area (Å²) in [6, 6.07) is 12.3. The summed E-state index contributed by atoms with van der Waals surface area (Å²) in [5.74, 6) is -3.51. The van der Waals surface area contributed by atoms with Crippen LogP contribution in [0.5, 0.6) is 0 Å². The van der Waals surface area contributed by atoms with Gasteiger partial charge in [-0.05, 0) is 22.8 Å². The summed E-state index contributed by atoms with van der Waals surface area (Å²) in [5, 5.41) is 23.9. The molecule has 110 valence electrons. The minimum Gasteiger partial charge on any atom is -0.550 e. The number of benzene rings is 2. The Morgan fingerprint density at radius 2 is 1.67 bits per heavy atom. The van der Waals surface area contributed by atoms with Crippen LogP contribution < -0.4 is 15.9 Å². The molecule has 2 atom stereocenters. The minimum absolute atomic E-state index is 0.0997. The molecule has 0 aliphatic heterocycles. The van der Waals surface area contributed by atoms with E-state index >= 15 is 0 Å². The van der Waals surface area contributed by atoms with Gasteiger partial charge >= 0.3 is 0 Å². The Bertz CT molecular complexity index is 668. The molecule has 0 aromatic heterocycles. The molecule has 0 amide bonds. The molecule has 0 radical (unpaired) electrons. The van der Waals surface area contributed by atoms with Crippen molar-refractivity contribution in [1.82, 2.24) is 0 Å². The van der Waals surface area contributed by atoms with Gasteiger partial charge in [-0.3, -0.25) is 0 Å². The largest absolute Gasteiger partial charge is 0.550 e. The molecule has 21 heavy (non-hydrogen) atoms. The second-order valence-electron chi connectivity index (χ2n) is 5.15. The van der Waals surface area contributed by atoms with E-state index in [4.69, 9.17) is 0 Å². The lowest BCUT2D eigenvalue weighted by atomic mass is 9.92. The van der Waals surface area contributed by atoms with Gasteiger partial charge in [0.05, 0.1) is 5.97 Å². The van der Waals surface area contributed by atoms with Crippen molar-refractivity contribution in [2.24, 2.45) is 5.92 Å². The third kappa shape index (κ3) is 3.79. The number of hydrogen-bond acceptors (Lipinski definition) is 4. The van der Waals surface area contributed by atoms with Gasteiger partial charge in [0.1, 0.15) is 6.04 Å². The highest BCUT2D eigenvalue weighted by molar-refractivity contribution is 5.83. The van der Waals surface area contributed by atoms with E-state index in [1.807, 2.05) is 42.5 Å². The lowest BCUT2D eigenvalue weighted by Gasteiger charge is -2.20. The van der Waals surface area contributed by atoms with Crippen LogP contribution in [0.15, 0.2) is 42.5 Å². The molecule has 3 N–H and O–H groups in total. The van der Waals surface area contributed by atoms with Crippen molar-refractivity contribution in [2.75, 3.05) is 0 Å². The first-order valence-corrected chi connectivity index (χ1v) is 6.70. The van der Waals surface area contributed by atoms with Crippen LogP contribution in [-0.2, 0) is 16.0 Å². The Morgan fingerprint density at radius 1 is 1.00 bits per heavy atom. The highest BCUT2D eigenvalue weighted by Crippen LogP contribution is 2.19. The number of aliphatic carboxylic acids is 2. The van der Waals surface area contributed by atoms with Crippen LogP contribution in [0.4, 0.5) is 0 Å². The first kappa shape index (κ1) is 15.0. The molecule has 0 heterocycles. The second-order valence-corrected chi connectivity index (χ2v) is 5.15. The zero-order valence-corrected chi connectivity index (χ0v) is 11.5. The van der Waals surface area contributed by atoms with Crippen LogP contribution in [0.3, 0.4) is 0 Å². The standard InChI is InChI=1S/C16H17NO4/c17-14(16(20)21)9-13(15(18)19)8-10-5-6-11-3-1-2-4-12(11)7-10/h1-7,13-14H,8-9,17H2,(H,18,19)(H,20,21)/p-1/t13-,14+/m1/s1. The van der Waals surface area contributed by atoms with Gasteiger partial charge in [-0.1, -0.05) is 42.5 Å². The molecule has 0 aliphatic rings. The van der Waals surface area contributed by atoms with Gasteiger partial charge in [-0.2, -0.15) is 0 Å². The third-order valence-electron chi connectivity index (χ3n) is 3.53. The van der Waals surface area contributed by atoms with Crippen LogP contribution in [-0.4, -0.2) is 18.0 Å². The number of rotatable bonds is 6. The Hall–Kier alpha value is -2.40. The molecule has 0 saturated carbocycles. The van der Waals surface area contributed by atoms with E-state index in [-0.39, 0.29) is 12.8 Å². The second kappa shape index (κ2) is 6.37. The number of quaternary nitrogens is 1. The molecule has 0 spiro atoms. The molecule has 0 aliphatic carbocycles. The fourth-order valence-electron chi connectivity index (χ4n) is 2.35. The maximum atomic E-state index is 11.2. The van der Waals surface area contributed by atoms with Crippen molar-refractivity contribution < 1.29 is 25.5 Å². The SMILES string of the molecule is [NH3+][C@@H](C[C@@H](Cc1ccc2ccccc2c1)C(=O)[O-])C(=O)[O-]. The summed E-state index contributed by atoms with van der Waals surface area (Å²) in [4.78, 5) is 21.9. The number of carboxylic acids is 2. The quantitative estimate of drug-likeness (QED) is 0.697. The van der Waals surface area contributed by atoms with Gasteiger partial charge in [0.25, 0.3) is 0 Å². The first-order chi connectivity index (χ1) is 9.97. The number of carboxylic acid groups (broad SMARTS) is 2. The molecule has 0 unspecified atom stereocenters. The van der Waals surface area contributed by atoms with Gasteiger partial charge in [0.2, 0.25) is 0 Å². The van der Waals surface area contributed by atoms with Gasteiger partial charge in [0.15, 0.2) is 0 Å². The summed E-state index contributed by atoms with van der Waals surface area (Å²) >= 11 is 0. The normalized spacial score (nSPS) is 13.8. The topological polar surface area (TPSA) is 108 Å². The molecule has 2 aromatic rings. The van der Waals surface area contributed by atoms with E-state index in [0.717, 1.165) is 16.3 Å². The summed E-state index contributed by atoms with van der Waals surface area (Å²) in [6.07, 6.45) is 0.115. The Labute approximate surface area is 122 Å². The Balaban J connectivity index is 2.18. The van der Waals surface area contributed by atoms with Gasteiger partial charge < -0.3 is 25.5 Å². The van der Waals surface area contributed by atoms with Crippen LogP contribution in [0.25, 0.3) is 10.8 Å². The zero-order chi connectivity index (χ0) is 15.4. The monoisotopic (exact) mass is 286 g/mol. The van der Waals surface area contributed by atoms with Crippen LogP contribution in [0.2, 0.25) is 0 Å². The Morgan fingerprint density at radius 3 is 2.29 bits per heavy atom. The van der Waals surface area contributed by atoms with E-state index in [1.165, 1.54) is 0 Å². The van der Waals surface area contributed by atoms with E-state index in [0.29, 0.717) is 0 Å². The van der Waals surface area contributed by atoms with Crippen LogP contribution in [0.1, 0.15) is 12.0 Å². The first-order valence-electron chi connectivity index (χ1n) is 6.70. The fraction of sp³-hybridized carbons (Fsp3) is 0.250. The van der Waals surface area contributed by atoms with Gasteiger partial charge in [0, 0.05) is 18.3 Å². The molecule has 2 aromatic carbocycles. The van der Waals surface area contributed by atoms with Crippen LogP contribution >= 0.6 is 0 Å². The van der Waals surface area contributed by atoms with Crippen molar-refractivity contribution in [2.45, 2.75) is 18.9 Å². The number of carbonyl (C=O) groups is 2. The van der Waals surface area contributed by atoms with Gasteiger partial charge in [-0.25, -0.2) is 0 Å². The molecular weight excluding hydrogens is 270 g/mol. The number of hydrogen-bond donors (Lipinski definition) is 1. The lowest BCUT2D eigenvalue weighted by molar-refractivity contribution is -0.440. The maximum absolute atomic E-state index is 11.2. The highest BCUT2D eigenvalue weighted by Gasteiger charge is 2.18. The van der Waals surface area contributed by atoms with Crippen LogP contribution in [0, 0.1) is 5.92 Å². The van der Waals surface area contributed by atoms with Crippen molar-refractivity contribution in [3.8, 4) is 0 Å². The Kier molecular flexibility index (Phi) is 4.55. The van der Waals surface area contributed by atoms with Crippen molar-refractivity contribution in [1.29, 1.82) is 0 Å². The summed E-state index contributed by atoms with van der Waals surface area (Å²) in [5.41, 5.74) is 4.23. The zero-order valence-electron chi connectivity index (χ0n) is 11.5. The predicted molar refractivity (Wildman–Crippen MR) is 72.4 cm³/mol. The summed E-state index contributed by atoms with van der Waals surface area (Å²) < 4.78 is 0. The third-order valence-corrected chi connectivity index (χ3v) is 3.53. The molecular formula is C16H16NO4-. The average molecular weight is 286 g/mol. The number of fused-ring (bicyclic) bond motifs is 1. The van der Waals surface area contributed by atoms with Crippen molar-refractivity contribution in [3.63, 3.8) is 0 Å². The van der Waals surface area contributed by atoms with Gasteiger partial charge in [-0.15, -0.1) is 0 Å². The fourth-order valence-corrected chi connectivity index (χ4v) is 2.35. The summed E-state index contributed by atoms with van der Waals surface area (Å²) in [7, 11) is 0. The smallest absolute Gasteiger partial charge is 0.125 e. The molecule has 2 rings (SSSR count). The number of carbonyl (C=O) groups excluding carboxylic acids is 2. The van der Waals surface area contributed by atoms with Crippen molar-refractivity contribution in [3.05, 3.63) is 48.0 Å². The molecule has 0 saturated heterocycles. The summed E-state index contributed by atoms with van der Waals surface area (Å²) in [6.45, 7) is 0. The molecule has 0 fully saturated rings. The highest BCUT2D eigenvalue weighted by atomic mass is 16.4. The lowest BCUT2D eigenvalue weighted by Crippen LogP contribution is -2.69. The molecule has 0 bridgehead atoms. The van der Waals surface area contributed by atoms with Crippen molar-refractivity contribution >= 4 is 22.7 Å². The van der Waals surface area contributed by atoms with E-state index in [1.54, 1.807) is 0 Å². The maximum Gasteiger partial charge on any atom is 0.125 e.